The Hall–Kier alpha value is -6.57. The van der Waals surface area contributed by atoms with Crippen molar-refractivity contribution in [2.45, 2.75) is 0 Å². The van der Waals surface area contributed by atoms with Crippen LogP contribution in [0.2, 0.25) is 0 Å². The molecule has 0 aliphatic heterocycles. The second-order valence-corrected chi connectivity index (χ2v) is 12.0. The summed E-state index contributed by atoms with van der Waals surface area (Å²) in [6.07, 6.45) is 0. The normalized spacial score (nSPS) is 11.8. The molecule has 0 aliphatic carbocycles. The predicted molar refractivity (Wildman–Crippen MR) is 193 cm³/mol. The summed E-state index contributed by atoms with van der Waals surface area (Å²) in [6.45, 7) is 0. The molecule has 0 unspecified atom stereocenters. The van der Waals surface area contributed by atoms with E-state index in [0.29, 0.717) is 5.56 Å². The van der Waals surface area contributed by atoms with Gasteiger partial charge >= 0.3 is 0 Å². The molecule has 3 heterocycles. The average molecular weight is 600 g/mol. The van der Waals surface area contributed by atoms with E-state index < -0.39 is 0 Å². The molecule has 4 heteroatoms. The minimum Gasteiger partial charge on any atom is -0.455 e. The first kappa shape index (κ1) is 25.7. The Balaban J connectivity index is 1.32. The Morgan fingerprint density at radius 2 is 1.04 bits per heavy atom. The number of benzene rings is 7. The van der Waals surface area contributed by atoms with Crippen LogP contribution in [0.25, 0.3) is 88.1 Å². The molecule has 0 atom stereocenters. The van der Waals surface area contributed by atoms with Crippen LogP contribution in [0.3, 0.4) is 0 Å². The summed E-state index contributed by atoms with van der Waals surface area (Å²) >= 11 is 0. The average Bonchev–Trinajstić information content (AvgIpc) is 3.79. The van der Waals surface area contributed by atoms with Crippen molar-refractivity contribution in [3.05, 3.63) is 157 Å². The van der Waals surface area contributed by atoms with Crippen LogP contribution in [0, 0.1) is 11.3 Å². The Kier molecular flexibility index (Phi) is 5.32. The van der Waals surface area contributed by atoms with Gasteiger partial charge in [0.15, 0.2) is 0 Å². The summed E-state index contributed by atoms with van der Waals surface area (Å²) in [5, 5.41) is 17.2. The fourth-order valence-corrected chi connectivity index (χ4v) is 7.64. The predicted octanol–water partition coefficient (Wildman–Crippen LogP) is 11.3. The Morgan fingerprint density at radius 3 is 1.77 bits per heavy atom. The van der Waals surface area contributed by atoms with Crippen molar-refractivity contribution in [3.8, 4) is 28.6 Å². The molecule has 10 aromatic rings. The van der Waals surface area contributed by atoms with Crippen molar-refractivity contribution in [1.82, 2.24) is 9.13 Å². The van der Waals surface area contributed by atoms with Gasteiger partial charge in [-0.05, 0) is 54.6 Å². The number of nitriles is 1. The first-order chi connectivity index (χ1) is 23.3. The van der Waals surface area contributed by atoms with E-state index in [1.807, 2.05) is 18.2 Å². The highest BCUT2D eigenvalue weighted by Crippen LogP contribution is 2.45. The minimum absolute atomic E-state index is 0.600. The van der Waals surface area contributed by atoms with E-state index in [1.165, 1.54) is 10.8 Å². The quantitative estimate of drug-likeness (QED) is 0.203. The van der Waals surface area contributed by atoms with Crippen LogP contribution in [-0.4, -0.2) is 9.13 Å². The summed E-state index contributed by atoms with van der Waals surface area (Å²) in [7, 11) is 0. The Morgan fingerprint density at radius 1 is 0.447 bits per heavy atom. The molecular formula is C43H25N3O. The van der Waals surface area contributed by atoms with Gasteiger partial charge in [-0.3, -0.25) is 0 Å². The van der Waals surface area contributed by atoms with Crippen LogP contribution in [0.15, 0.2) is 156 Å². The third-order valence-electron chi connectivity index (χ3n) is 9.57. The van der Waals surface area contributed by atoms with Crippen LogP contribution in [0.5, 0.6) is 0 Å². The van der Waals surface area contributed by atoms with E-state index in [0.717, 1.165) is 77.3 Å². The first-order valence-corrected chi connectivity index (χ1v) is 15.8. The lowest BCUT2D eigenvalue weighted by atomic mass is 9.96. The van der Waals surface area contributed by atoms with E-state index in [-0.39, 0.29) is 0 Å². The molecule has 0 N–H and O–H groups in total. The SMILES string of the molecule is N#Cc1cccc(-n2c3ccccc3c3ccccc32)c1-c1cccc2c1oc1c2ccc2c1c1ccccc1n2-c1ccccc1. The van der Waals surface area contributed by atoms with Gasteiger partial charge in [-0.15, -0.1) is 0 Å². The summed E-state index contributed by atoms with van der Waals surface area (Å²) in [4.78, 5) is 0. The van der Waals surface area contributed by atoms with Crippen molar-refractivity contribution in [1.29, 1.82) is 5.26 Å². The number of furan rings is 1. The highest BCUT2D eigenvalue weighted by molar-refractivity contribution is 6.25. The zero-order chi connectivity index (χ0) is 31.1. The fourth-order valence-electron chi connectivity index (χ4n) is 7.64. The number of para-hydroxylation sites is 5. The zero-order valence-electron chi connectivity index (χ0n) is 25.2. The van der Waals surface area contributed by atoms with Crippen molar-refractivity contribution in [2.24, 2.45) is 0 Å². The number of fused-ring (bicyclic) bond motifs is 10. The molecule has 0 fully saturated rings. The molecule has 0 amide bonds. The minimum atomic E-state index is 0.600. The van der Waals surface area contributed by atoms with Gasteiger partial charge in [0, 0.05) is 43.7 Å². The molecule has 0 radical (unpaired) electrons. The molecule has 47 heavy (non-hydrogen) atoms. The lowest BCUT2D eigenvalue weighted by Crippen LogP contribution is -1.99. The summed E-state index contributed by atoms with van der Waals surface area (Å²) < 4.78 is 11.6. The molecule has 0 saturated heterocycles. The number of aromatic nitrogens is 2. The standard InChI is InChI=1S/C43H25N3O/c44-26-27-12-10-23-38(46-35-20-7-4-15-29(35)30-16-5-8-21-36(30)46)40(27)34-19-11-18-31-32-24-25-39-41(43(32)47-42(31)34)33-17-6-9-22-37(33)45(39)28-13-2-1-3-14-28/h1-25H. The highest BCUT2D eigenvalue weighted by Gasteiger charge is 2.23. The maximum absolute atomic E-state index is 10.5. The summed E-state index contributed by atoms with van der Waals surface area (Å²) in [5.41, 5.74) is 10.4. The molecule has 0 saturated carbocycles. The molecule has 218 valence electrons. The van der Waals surface area contributed by atoms with Gasteiger partial charge in [-0.2, -0.15) is 5.26 Å². The van der Waals surface area contributed by atoms with Crippen LogP contribution in [0.4, 0.5) is 0 Å². The van der Waals surface area contributed by atoms with E-state index in [9.17, 15) is 5.26 Å². The van der Waals surface area contributed by atoms with Crippen molar-refractivity contribution >= 4 is 65.6 Å². The molecule has 4 nitrogen and oxygen atoms in total. The second-order valence-electron chi connectivity index (χ2n) is 12.0. The van der Waals surface area contributed by atoms with Crippen molar-refractivity contribution in [3.63, 3.8) is 0 Å². The van der Waals surface area contributed by atoms with Gasteiger partial charge in [0.05, 0.1) is 44.8 Å². The van der Waals surface area contributed by atoms with Gasteiger partial charge in [-0.25, -0.2) is 0 Å². The maximum atomic E-state index is 10.5. The van der Waals surface area contributed by atoms with Gasteiger partial charge in [0.25, 0.3) is 0 Å². The third-order valence-corrected chi connectivity index (χ3v) is 9.57. The summed E-state index contributed by atoms with van der Waals surface area (Å²) in [5.74, 6) is 0. The third kappa shape index (κ3) is 3.51. The molecular weight excluding hydrogens is 574 g/mol. The molecule has 0 spiro atoms. The lowest BCUT2D eigenvalue weighted by molar-refractivity contribution is 0.674. The smallest absolute Gasteiger partial charge is 0.145 e. The molecule has 3 aromatic heterocycles. The number of nitrogens with zero attached hydrogens (tertiary/aromatic N) is 3. The fraction of sp³-hybridized carbons (Fsp3) is 0. The van der Waals surface area contributed by atoms with Gasteiger partial charge in [0.2, 0.25) is 0 Å². The highest BCUT2D eigenvalue weighted by atomic mass is 16.3. The van der Waals surface area contributed by atoms with E-state index in [2.05, 4.69) is 149 Å². The largest absolute Gasteiger partial charge is 0.455 e. The Labute approximate surface area is 269 Å². The topological polar surface area (TPSA) is 46.8 Å². The lowest BCUT2D eigenvalue weighted by Gasteiger charge is -2.15. The van der Waals surface area contributed by atoms with E-state index >= 15 is 0 Å². The zero-order valence-corrected chi connectivity index (χ0v) is 25.2. The van der Waals surface area contributed by atoms with Crippen LogP contribution >= 0.6 is 0 Å². The van der Waals surface area contributed by atoms with Gasteiger partial charge in [-0.1, -0.05) is 97.1 Å². The second kappa shape index (κ2) is 9.71. The van der Waals surface area contributed by atoms with Crippen molar-refractivity contribution < 1.29 is 4.42 Å². The van der Waals surface area contributed by atoms with Gasteiger partial charge < -0.3 is 13.6 Å². The van der Waals surface area contributed by atoms with Crippen molar-refractivity contribution in [2.75, 3.05) is 0 Å². The van der Waals surface area contributed by atoms with Crippen LogP contribution in [-0.2, 0) is 0 Å². The van der Waals surface area contributed by atoms with E-state index in [4.69, 9.17) is 4.42 Å². The summed E-state index contributed by atoms with van der Waals surface area (Å²) in [6, 6.07) is 55.1. The monoisotopic (exact) mass is 599 g/mol. The Bertz CT molecular complexity index is 2860. The number of rotatable bonds is 3. The molecule has 10 rings (SSSR count). The maximum Gasteiger partial charge on any atom is 0.145 e. The molecule has 0 aliphatic rings. The van der Waals surface area contributed by atoms with E-state index in [1.54, 1.807) is 0 Å². The first-order valence-electron chi connectivity index (χ1n) is 15.8. The number of hydrogen-bond acceptors (Lipinski definition) is 2. The molecule has 7 aromatic carbocycles. The van der Waals surface area contributed by atoms with Crippen LogP contribution in [0.1, 0.15) is 5.56 Å². The van der Waals surface area contributed by atoms with Crippen LogP contribution < -0.4 is 0 Å². The number of hydrogen-bond donors (Lipinski definition) is 0. The van der Waals surface area contributed by atoms with Gasteiger partial charge in [0.1, 0.15) is 11.2 Å². The molecule has 0 bridgehead atoms.